The monoisotopic (exact) mass is 618 g/mol. The van der Waals surface area contributed by atoms with Crippen molar-refractivity contribution in [3.8, 4) is 27.9 Å². The Morgan fingerprint density at radius 1 is 0.955 bits per heavy atom. The average Bonchev–Trinajstić information content (AvgIpc) is 3.73. The predicted molar refractivity (Wildman–Crippen MR) is 163 cm³/mol. The van der Waals surface area contributed by atoms with E-state index in [0.717, 1.165) is 12.1 Å². The van der Waals surface area contributed by atoms with Crippen LogP contribution >= 0.6 is 0 Å². The fourth-order valence-corrected chi connectivity index (χ4v) is 6.35. The summed E-state index contributed by atoms with van der Waals surface area (Å²) in [6, 6.07) is 13.1. The zero-order chi connectivity index (χ0) is 31.4. The Morgan fingerprint density at radius 2 is 1.70 bits per heavy atom. The molecule has 2 aromatic carbocycles. The van der Waals surface area contributed by atoms with Gasteiger partial charge in [-0.3, -0.25) is 14.2 Å². The largest absolute Gasteiger partial charge is 0.465 e. The summed E-state index contributed by atoms with van der Waals surface area (Å²) >= 11 is 0. The molecular weight excluding hydrogens is 590 g/mol. The second-order valence-corrected chi connectivity index (χ2v) is 13.6. The number of benzene rings is 2. The van der Waals surface area contributed by atoms with Gasteiger partial charge in [0.05, 0.1) is 16.6 Å². The number of aromatic nitrogens is 4. The standard InChI is InChI=1S/C31H28F2N6O4S/c1-31(2,3)39(30(40)41)28-9-4-18(15-34-28)20-12-27-29(35-16-20)38(17-36-27)23-11-19(25-8-5-21(32)13-26(25)33)10-22(14-23)37-44(42,43)24-6-7-24/h4-5,8-17,24,37H,6-7H2,1-3H3,(H,40,41). The smallest absolute Gasteiger partial charge is 0.413 e. The van der Waals surface area contributed by atoms with Crippen LogP contribution in [0.25, 0.3) is 39.1 Å². The van der Waals surface area contributed by atoms with Crippen molar-refractivity contribution in [3.05, 3.63) is 85.0 Å². The Kier molecular flexibility index (Phi) is 7.07. The van der Waals surface area contributed by atoms with Crippen molar-refractivity contribution in [1.29, 1.82) is 0 Å². The van der Waals surface area contributed by atoms with Crippen LogP contribution in [0.4, 0.5) is 25.1 Å². The first-order valence-corrected chi connectivity index (χ1v) is 15.3. The molecule has 1 amide bonds. The summed E-state index contributed by atoms with van der Waals surface area (Å²) in [5, 5.41) is 9.19. The van der Waals surface area contributed by atoms with Gasteiger partial charge in [-0.2, -0.15) is 0 Å². The van der Waals surface area contributed by atoms with Gasteiger partial charge in [-0.1, -0.05) is 0 Å². The molecule has 0 aliphatic heterocycles. The molecule has 1 aliphatic rings. The van der Waals surface area contributed by atoms with Crippen molar-refractivity contribution in [1.82, 2.24) is 19.5 Å². The van der Waals surface area contributed by atoms with Gasteiger partial charge in [-0.25, -0.2) is 36.9 Å². The molecule has 6 rings (SSSR count). The molecule has 0 bridgehead atoms. The maximum atomic E-state index is 14.8. The third kappa shape index (κ3) is 5.70. The van der Waals surface area contributed by atoms with E-state index in [9.17, 15) is 27.1 Å². The van der Waals surface area contributed by atoms with Crippen molar-refractivity contribution >= 4 is 38.8 Å². The fraction of sp³-hybridized carbons (Fsp3) is 0.226. The molecule has 1 fully saturated rings. The zero-order valence-corrected chi connectivity index (χ0v) is 24.8. The number of anilines is 2. The summed E-state index contributed by atoms with van der Waals surface area (Å²) < 4.78 is 58.2. The lowest BCUT2D eigenvalue weighted by Gasteiger charge is -2.32. The molecule has 3 aromatic heterocycles. The van der Waals surface area contributed by atoms with Gasteiger partial charge in [0.15, 0.2) is 5.65 Å². The van der Waals surface area contributed by atoms with Crippen molar-refractivity contribution in [3.63, 3.8) is 0 Å². The number of imidazole rings is 1. The van der Waals surface area contributed by atoms with Crippen LogP contribution in [0.15, 0.2) is 73.3 Å². The minimum atomic E-state index is -3.63. The lowest BCUT2D eigenvalue weighted by atomic mass is 10.0. The van der Waals surface area contributed by atoms with Crippen molar-refractivity contribution in [2.75, 3.05) is 9.62 Å². The summed E-state index contributed by atoms with van der Waals surface area (Å²) in [5.74, 6) is -1.22. The van der Waals surface area contributed by atoms with Gasteiger partial charge in [-0.05, 0) is 87.7 Å². The molecule has 13 heteroatoms. The van der Waals surface area contributed by atoms with Gasteiger partial charge in [-0.15, -0.1) is 0 Å². The van der Waals surface area contributed by atoms with Crippen LogP contribution in [0.2, 0.25) is 0 Å². The highest BCUT2D eigenvalue weighted by Crippen LogP contribution is 2.34. The lowest BCUT2D eigenvalue weighted by Crippen LogP contribution is -2.45. The molecule has 10 nitrogen and oxygen atoms in total. The number of carboxylic acid groups (broad SMARTS) is 1. The molecule has 3 heterocycles. The number of hydrogen-bond acceptors (Lipinski definition) is 6. The Labute approximate surface area is 252 Å². The highest BCUT2D eigenvalue weighted by atomic mass is 32.2. The van der Waals surface area contributed by atoms with E-state index in [1.807, 2.05) is 0 Å². The van der Waals surface area contributed by atoms with Gasteiger partial charge in [0.2, 0.25) is 10.0 Å². The number of pyridine rings is 2. The van der Waals surface area contributed by atoms with Crippen LogP contribution in [0.1, 0.15) is 33.6 Å². The van der Waals surface area contributed by atoms with E-state index >= 15 is 0 Å². The number of hydrogen-bond donors (Lipinski definition) is 2. The quantitative estimate of drug-likeness (QED) is 0.210. The van der Waals surface area contributed by atoms with Crippen LogP contribution in [0.3, 0.4) is 0 Å². The minimum absolute atomic E-state index is 0.101. The number of halogens is 2. The minimum Gasteiger partial charge on any atom is -0.465 e. The number of nitrogens with zero attached hydrogens (tertiary/aromatic N) is 5. The third-order valence-electron chi connectivity index (χ3n) is 7.22. The summed E-state index contributed by atoms with van der Waals surface area (Å²) in [7, 11) is -3.63. The first-order chi connectivity index (χ1) is 20.8. The number of rotatable bonds is 7. The van der Waals surface area contributed by atoms with E-state index in [1.54, 1.807) is 68.1 Å². The third-order valence-corrected chi connectivity index (χ3v) is 9.09. The van der Waals surface area contributed by atoms with Gasteiger partial charge in [0, 0.05) is 40.7 Å². The number of nitrogens with one attached hydrogen (secondary N) is 1. The van der Waals surface area contributed by atoms with E-state index < -0.39 is 38.5 Å². The molecule has 2 N–H and O–H groups in total. The summed E-state index contributed by atoms with van der Waals surface area (Å²) in [6.45, 7) is 5.34. The molecule has 0 radical (unpaired) electrons. The van der Waals surface area contributed by atoms with Gasteiger partial charge in [0.25, 0.3) is 0 Å². The van der Waals surface area contributed by atoms with E-state index in [2.05, 4.69) is 19.7 Å². The maximum Gasteiger partial charge on any atom is 0.413 e. The lowest BCUT2D eigenvalue weighted by molar-refractivity contribution is 0.195. The molecular formula is C31H28F2N6O4S. The second kappa shape index (κ2) is 10.7. The Hall–Kier alpha value is -4.91. The van der Waals surface area contributed by atoms with E-state index in [0.29, 0.717) is 46.4 Å². The van der Waals surface area contributed by atoms with Crippen LogP contribution in [0, 0.1) is 11.6 Å². The van der Waals surface area contributed by atoms with E-state index in [4.69, 9.17) is 0 Å². The van der Waals surface area contributed by atoms with Gasteiger partial charge >= 0.3 is 6.09 Å². The summed E-state index contributed by atoms with van der Waals surface area (Å²) in [5.41, 5.74) is 2.80. The second-order valence-electron chi connectivity index (χ2n) is 11.6. The number of carbonyl (C=O) groups is 1. The Bertz CT molecular complexity index is 2020. The molecule has 44 heavy (non-hydrogen) atoms. The van der Waals surface area contributed by atoms with Crippen LogP contribution in [-0.4, -0.2) is 49.9 Å². The van der Waals surface area contributed by atoms with Crippen molar-refractivity contribution < 1.29 is 27.1 Å². The molecule has 5 aromatic rings. The predicted octanol–water partition coefficient (Wildman–Crippen LogP) is 6.61. The Balaban J connectivity index is 1.38. The SMILES string of the molecule is CC(C)(C)N(C(=O)O)c1ccc(-c2cnc3c(c2)ncn3-c2cc(NS(=O)(=O)C3CC3)cc(-c3ccc(F)cc3F)c2)cn1. The van der Waals surface area contributed by atoms with Crippen LogP contribution in [0.5, 0.6) is 0 Å². The molecule has 0 atom stereocenters. The summed E-state index contributed by atoms with van der Waals surface area (Å²) in [4.78, 5) is 26.5. The van der Waals surface area contributed by atoms with Crippen LogP contribution in [-0.2, 0) is 10.0 Å². The molecule has 1 aliphatic carbocycles. The average molecular weight is 619 g/mol. The van der Waals surface area contributed by atoms with E-state index in [1.165, 1.54) is 23.4 Å². The highest BCUT2D eigenvalue weighted by molar-refractivity contribution is 7.93. The van der Waals surface area contributed by atoms with Crippen molar-refractivity contribution in [2.24, 2.45) is 0 Å². The molecule has 0 spiro atoms. The number of sulfonamides is 1. The van der Waals surface area contributed by atoms with Crippen molar-refractivity contribution in [2.45, 2.75) is 44.4 Å². The van der Waals surface area contributed by atoms with Gasteiger partial charge in [0.1, 0.15) is 29.3 Å². The van der Waals surface area contributed by atoms with Crippen LogP contribution < -0.4 is 9.62 Å². The summed E-state index contributed by atoms with van der Waals surface area (Å²) in [6.07, 6.45) is 4.74. The zero-order valence-electron chi connectivity index (χ0n) is 24.0. The first-order valence-electron chi connectivity index (χ1n) is 13.8. The highest BCUT2D eigenvalue weighted by Gasteiger charge is 2.36. The molecule has 226 valence electrons. The maximum absolute atomic E-state index is 14.8. The molecule has 0 saturated heterocycles. The Morgan fingerprint density at radius 3 is 2.34 bits per heavy atom. The van der Waals surface area contributed by atoms with Gasteiger partial charge < -0.3 is 5.11 Å². The topological polar surface area (TPSA) is 130 Å². The normalized spacial score (nSPS) is 13.7. The molecule has 1 saturated carbocycles. The first kappa shape index (κ1) is 29.2. The van der Waals surface area contributed by atoms with E-state index in [-0.39, 0.29) is 17.1 Å². The number of fused-ring (bicyclic) bond motifs is 1. The number of amides is 1. The molecule has 0 unspecified atom stereocenters. The fourth-order valence-electron chi connectivity index (χ4n) is 4.98.